The lowest BCUT2D eigenvalue weighted by Crippen LogP contribution is -2.16. The van der Waals surface area contributed by atoms with Crippen molar-refractivity contribution in [2.24, 2.45) is 5.92 Å². The Labute approximate surface area is 112 Å². The third-order valence-corrected chi connectivity index (χ3v) is 3.44. The Hall–Kier alpha value is -2.09. The molecule has 1 unspecified atom stereocenters. The minimum absolute atomic E-state index is 0.0484. The summed E-state index contributed by atoms with van der Waals surface area (Å²) in [6, 6.07) is 6.64. The van der Waals surface area contributed by atoms with Gasteiger partial charge in [-0.3, -0.25) is 10.1 Å². The van der Waals surface area contributed by atoms with E-state index in [1.807, 2.05) is 6.07 Å². The average molecular weight is 259 g/mol. The SMILES string of the molecule is CC(CCC1CC1)Nc1ccc([N+](=O)[O-])cc1C#N. The fourth-order valence-electron chi connectivity index (χ4n) is 2.09. The monoisotopic (exact) mass is 259 g/mol. The number of benzene rings is 1. The largest absolute Gasteiger partial charge is 0.382 e. The highest BCUT2D eigenvalue weighted by molar-refractivity contribution is 5.61. The van der Waals surface area contributed by atoms with Gasteiger partial charge in [-0.1, -0.05) is 12.8 Å². The van der Waals surface area contributed by atoms with Gasteiger partial charge in [-0.25, -0.2) is 0 Å². The Kier molecular flexibility index (Phi) is 4.00. The van der Waals surface area contributed by atoms with Crippen LogP contribution in [-0.4, -0.2) is 11.0 Å². The van der Waals surface area contributed by atoms with Crippen LogP contribution in [0.5, 0.6) is 0 Å². The zero-order valence-corrected chi connectivity index (χ0v) is 10.9. The highest BCUT2D eigenvalue weighted by Gasteiger charge is 2.21. The Balaban J connectivity index is 2.02. The number of non-ortho nitro benzene ring substituents is 1. The molecule has 100 valence electrons. The van der Waals surface area contributed by atoms with Crippen molar-refractivity contribution in [3.05, 3.63) is 33.9 Å². The molecule has 0 spiro atoms. The maximum Gasteiger partial charge on any atom is 0.270 e. The van der Waals surface area contributed by atoms with Crippen molar-refractivity contribution in [2.45, 2.75) is 38.6 Å². The summed E-state index contributed by atoms with van der Waals surface area (Å²) in [5, 5.41) is 23.0. The van der Waals surface area contributed by atoms with E-state index in [1.165, 1.54) is 31.4 Å². The first-order valence-electron chi connectivity index (χ1n) is 6.55. The van der Waals surface area contributed by atoms with E-state index in [0.717, 1.165) is 12.3 Å². The second-order valence-corrected chi connectivity index (χ2v) is 5.16. The maximum atomic E-state index is 10.7. The molecular formula is C14H17N3O2. The molecule has 0 radical (unpaired) electrons. The van der Waals surface area contributed by atoms with Crippen molar-refractivity contribution in [1.82, 2.24) is 0 Å². The van der Waals surface area contributed by atoms with E-state index >= 15 is 0 Å². The molecule has 5 nitrogen and oxygen atoms in total. The van der Waals surface area contributed by atoms with Gasteiger partial charge in [0.15, 0.2) is 0 Å². The van der Waals surface area contributed by atoms with Crippen LogP contribution in [-0.2, 0) is 0 Å². The molecule has 1 N–H and O–H groups in total. The highest BCUT2D eigenvalue weighted by Crippen LogP contribution is 2.34. The summed E-state index contributed by atoms with van der Waals surface area (Å²) in [7, 11) is 0. The van der Waals surface area contributed by atoms with E-state index in [1.54, 1.807) is 6.07 Å². The fourth-order valence-corrected chi connectivity index (χ4v) is 2.09. The molecular weight excluding hydrogens is 242 g/mol. The number of nitrogens with one attached hydrogen (secondary N) is 1. The molecule has 0 heterocycles. The molecule has 1 fully saturated rings. The number of nitriles is 1. The number of hydrogen-bond donors (Lipinski definition) is 1. The predicted octanol–water partition coefficient (Wildman–Crippen LogP) is 3.46. The van der Waals surface area contributed by atoms with Crippen molar-refractivity contribution in [2.75, 3.05) is 5.32 Å². The first-order chi connectivity index (χ1) is 9.10. The van der Waals surface area contributed by atoms with Crippen molar-refractivity contribution in [3.63, 3.8) is 0 Å². The molecule has 1 aliphatic carbocycles. The quantitative estimate of drug-likeness (QED) is 0.626. The number of anilines is 1. The van der Waals surface area contributed by atoms with Gasteiger partial charge < -0.3 is 5.32 Å². The topological polar surface area (TPSA) is 79.0 Å². The molecule has 5 heteroatoms. The molecule has 0 bridgehead atoms. The summed E-state index contributed by atoms with van der Waals surface area (Å²) in [5.41, 5.74) is 0.955. The van der Waals surface area contributed by atoms with E-state index in [2.05, 4.69) is 12.2 Å². The Morgan fingerprint density at radius 3 is 2.89 bits per heavy atom. The summed E-state index contributed by atoms with van der Waals surface area (Å²) >= 11 is 0. The van der Waals surface area contributed by atoms with Crippen molar-refractivity contribution < 1.29 is 4.92 Å². The third kappa shape index (κ3) is 3.68. The van der Waals surface area contributed by atoms with Gasteiger partial charge >= 0.3 is 0 Å². The first kappa shape index (κ1) is 13.3. The molecule has 1 saturated carbocycles. The van der Waals surface area contributed by atoms with Gasteiger partial charge in [-0.15, -0.1) is 0 Å². The summed E-state index contributed by atoms with van der Waals surface area (Å²) in [6.07, 6.45) is 4.96. The van der Waals surface area contributed by atoms with Crippen LogP contribution in [0.2, 0.25) is 0 Å². The van der Waals surface area contributed by atoms with Crippen LogP contribution in [0.15, 0.2) is 18.2 Å². The maximum absolute atomic E-state index is 10.7. The third-order valence-electron chi connectivity index (χ3n) is 3.44. The Morgan fingerprint density at radius 1 is 1.58 bits per heavy atom. The molecule has 1 aromatic rings. The smallest absolute Gasteiger partial charge is 0.270 e. The Morgan fingerprint density at radius 2 is 2.32 bits per heavy atom. The van der Waals surface area contributed by atoms with Gasteiger partial charge in [0.05, 0.1) is 16.2 Å². The summed E-state index contributed by atoms with van der Waals surface area (Å²) in [4.78, 5) is 10.2. The van der Waals surface area contributed by atoms with Gasteiger partial charge in [-0.2, -0.15) is 5.26 Å². The van der Waals surface area contributed by atoms with E-state index < -0.39 is 4.92 Å². The molecule has 2 rings (SSSR count). The second-order valence-electron chi connectivity index (χ2n) is 5.16. The molecule has 0 aromatic heterocycles. The number of hydrogen-bond acceptors (Lipinski definition) is 4. The lowest BCUT2D eigenvalue weighted by atomic mass is 10.1. The van der Waals surface area contributed by atoms with Crippen LogP contribution >= 0.6 is 0 Å². The number of rotatable bonds is 6. The lowest BCUT2D eigenvalue weighted by molar-refractivity contribution is -0.384. The fraction of sp³-hybridized carbons (Fsp3) is 0.500. The molecule has 0 saturated heterocycles. The number of nitro benzene ring substituents is 1. The van der Waals surface area contributed by atoms with Gasteiger partial charge in [-0.05, 0) is 31.7 Å². The van der Waals surface area contributed by atoms with Crippen LogP contribution < -0.4 is 5.32 Å². The van der Waals surface area contributed by atoms with Crippen molar-refractivity contribution in [1.29, 1.82) is 5.26 Å². The number of nitro groups is 1. The lowest BCUT2D eigenvalue weighted by Gasteiger charge is -2.15. The van der Waals surface area contributed by atoms with Gasteiger partial charge in [0.2, 0.25) is 0 Å². The van der Waals surface area contributed by atoms with Gasteiger partial charge in [0, 0.05) is 18.2 Å². The van der Waals surface area contributed by atoms with Crippen LogP contribution in [0.4, 0.5) is 11.4 Å². The molecule has 1 atom stereocenters. The molecule has 0 amide bonds. The minimum Gasteiger partial charge on any atom is -0.382 e. The number of nitrogens with zero attached hydrogens (tertiary/aromatic N) is 2. The van der Waals surface area contributed by atoms with Crippen LogP contribution in [0, 0.1) is 27.4 Å². The van der Waals surface area contributed by atoms with E-state index in [0.29, 0.717) is 11.3 Å². The molecule has 0 aliphatic heterocycles. The van der Waals surface area contributed by atoms with Crippen molar-refractivity contribution >= 4 is 11.4 Å². The second kappa shape index (κ2) is 5.70. The first-order valence-corrected chi connectivity index (χ1v) is 6.55. The predicted molar refractivity (Wildman–Crippen MR) is 72.9 cm³/mol. The summed E-state index contributed by atoms with van der Waals surface area (Å²) < 4.78 is 0. The highest BCUT2D eigenvalue weighted by atomic mass is 16.6. The van der Waals surface area contributed by atoms with E-state index in [-0.39, 0.29) is 11.7 Å². The van der Waals surface area contributed by atoms with Crippen LogP contribution in [0.25, 0.3) is 0 Å². The standard InChI is InChI=1S/C14H17N3O2/c1-10(2-3-11-4-5-11)16-14-7-6-13(17(18)19)8-12(14)9-15/h6-8,10-11,16H,2-5H2,1H3. The zero-order valence-electron chi connectivity index (χ0n) is 10.9. The van der Waals surface area contributed by atoms with Gasteiger partial charge in [0.25, 0.3) is 5.69 Å². The molecule has 1 aliphatic rings. The summed E-state index contributed by atoms with van der Waals surface area (Å²) in [6.45, 7) is 2.07. The zero-order chi connectivity index (χ0) is 13.8. The van der Waals surface area contributed by atoms with E-state index in [9.17, 15) is 10.1 Å². The Bertz CT molecular complexity index is 518. The normalized spacial score (nSPS) is 15.6. The summed E-state index contributed by atoms with van der Waals surface area (Å²) in [5.74, 6) is 0.886. The molecule has 1 aromatic carbocycles. The minimum atomic E-state index is -0.485. The van der Waals surface area contributed by atoms with Gasteiger partial charge in [0.1, 0.15) is 6.07 Å². The average Bonchev–Trinajstić information content (AvgIpc) is 3.20. The molecule has 19 heavy (non-hydrogen) atoms. The van der Waals surface area contributed by atoms with Crippen molar-refractivity contribution in [3.8, 4) is 6.07 Å². The van der Waals surface area contributed by atoms with E-state index in [4.69, 9.17) is 5.26 Å². The van der Waals surface area contributed by atoms with Crippen LogP contribution in [0.3, 0.4) is 0 Å². The van der Waals surface area contributed by atoms with Crippen LogP contribution in [0.1, 0.15) is 38.2 Å².